The Hall–Kier alpha value is -1.29. The third kappa shape index (κ3) is 2.05. The highest BCUT2D eigenvalue weighted by molar-refractivity contribution is 5.47. The summed E-state index contributed by atoms with van der Waals surface area (Å²) in [5.41, 5.74) is 0.848. The lowest BCUT2D eigenvalue weighted by molar-refractivity contribution is 0.195. The van der Waals surface area contributed by atoms with E-state index < -0.39 is 0 Å². The van der Waals surface area contributed by atoms with Crippen molar-refractivity contribution in [3.8, 4) is 11.5 Å². The molecule has 0 unspecified atom stereocenters. The zero-order valence-corrected chi connectivity index (χ0v) is 10.5. The fourth-order valence-corrected chi connectivity index (χ4v) is 2.63. The van der Waals surface area contributed by atoms with Crippen LogP contribution in [0.2, 0.25) is 0 Å². The first kappa shape index (κ1) is 11.8. The van der Waals surface area contributed by atoms with Crippen LogP contribution in [0.25, 0.3) is 0 Å². The molecule has 1 atom stereocenters. The summed E-state index contributed by atoms with van der Waals surface area (Å²) in [4.78, 5) is 0. The molecule has 1 fully saturated rings. The van der Waals surface area contributed by atoms with Gasteiger partial charge in [0.05, 0.1) is 7.11 Å². The predicted molar refractivity (Wildman–Crippen MR) is 66.7 cm³/mol. The van der Waals surface area contributed by atoms with Crippen molar-refractivity contribution in [2.45, 2.75) is 37.8 Å². The van der Waals surface area contributed by atoms with Crippen molar-refractivity contribution in [3.63, 3.8) is 0 Å². The van der Waals surface area contributed by atoms with Crippen molar-refractivity contribution in [2.24, 2.45) is 0 Å². The van der Waals surface area contributed by atoms with Crippen LogP contribution in [0.1, 0.15) is 24.8 Å². The van der Waals surface area contributed by atoms with E-state index in [2.05, 4.69) is 5.32 Å². The number of methoxy groups -OCH3 is 1. The smallest absolute Gasteiger partial charge is 0.165 e. The van der Waals surface area contributed by atoms with Crippen molar-refractivity contribution in [1.29, 1.82) is 0 Å². The maximum Gasteiger partial charge on any atom is 0.165 e. The summed E-state index contributed by atoms with van der Waals surface area (Å²) < 4.78 is 24.5. The summed E-state index contributed by atoms with van der Waals surface area (Å²) in [5.74, 6) is 0.778. The summed E-state index contributed by atoms with van der Waals surface area (Å²) in [5, 5.41) is 3.56. The summed E-state index contributed by atoms with van der Waals surface area (Å²) in [6.07, 6.45) is 4.56. The maximum absolute atomic E-state index is 13.7. The molecule has 3 nitrogen and oxygen atoms in total. The number of ether oxygens (including phenoxy) is 2. The Balaban J connectivity index is 1.79. The highest BCUT2D eigenvalue weighted by atomic mass is 19.1. The molecule has 0 aromatic heterocycles. The first-order valence-corrected chi connectivity index (χ1v) is 6.52. The topological polar surface area (TPSA) is 30.5 Å². The second kappa shape index (κ2) is 4.76. The van der Waals surface area contributed by atoms with Gasteiger partial charge in [-0.05, 0) is 31.4 Å². The van der Waals surface area contributed by atoms with Crippen molar-refractivity contribution < 1.29 is 13.9 Å². The highest BCUT2D eigenvalue weighted by Crippen LogP contribution is 2.35. The largest absolute Gasteiger partial charge is 0.496 e. The number of hydrogen-bond donors (Lipinski definition) is 1. The number of halogens is 1. The van der Waals surface area contributed by atoms with Crippen LogP contribution in [0.3, 0.4) is 0 Å². The van der Waals surface area contributed by atoms with E-state index in [-0.39, 0.29) is 11.9 Å². The first-order chi connectivity index (χ1) is 8.78. The van der Waals surface area contributed by atoms with E-state index in [1.165, 1.54) is 25.3 Å². The van der Waals surface area contributed by atoms with E-state index in [1.54, 1.807) is 13.2 Å². The van der Waals surface area contributed by atoms with E-state index in [4.69, 9.17) is 9.47 Å². The van der Waals surface area contributed by atoms with Gasteiger partial charge in [-0.3, -0.25) is 0 Å². The Morgan fingerprint density at radius 3 is 2.83 bits per heavy atom. The zero-order valence-electron chi connectivity index (χ0n) is 10.5. The van der Waals surface area contributed by atoms with Crippen LogP contribution in [-0.4, -0.2) is 25.8 Å². The SMILES string of the molecule is COc1ccc(F)c2c1C[C@@H](NC1CCC1)CO2. The predicted octanol–water partition coefficient (Wildman–Crippen LogP) is 2.28. The number of nitrogens with one attached hydrogen (secondary N) is 1. The lowest BCUT2D eigenvalue weighted by atomic mass is 9.91. The Morgan fingerprint density at radius 1 is 1.33 bits per heavy atom. The maximum atomic E-state index is 13.7. The third-order valence-corrected chi connectivity index (χ3v) is 3.85. The number of fused-ring (bicyclic) bond motifs is 1. The monoisotopic (exact) mass is 251 g/mol. The molecule has 1 aromatic rings. The van der Waals surface area contributed by atoms with Gasteiger partial charge in [0.1, 0.15) is 12.4 Å². The molecule has 0 radical (unpaired) electrons. The van der Waals surface area contributed by atoms with Crippen LogP contribution in [0, 0.1) is 5.82 Å². The standard InChI is InChI=1S/C14H18FNO2/c1-17-13-6-5-12(15)14-11(13)7-10(8-18-14)16-9-3-2-4-9/h5-6,9-10,16H,2-4,7-8H2,1H3/t10-/m1/s1. The molecule has 1 aliphatic carbocycles. The third-order valence-electron chi connectivity index (χ3n) is 3.85. The molecule has 3 rings (SSSR count). The van der Waals surface area contributed by atoms with Crippen molar-refractivity contribution in [1.82, 2.24) is 5.32 Å². The molecule has 4 heteroatoms. The minimum Gasteiger partial charge on any atom is -0.496 e. The molecule has 1 N–H and O–H groups in total. The Morgan fingerprint density at radius 2 is 2.17 bits per heavy atom. The van der Waals surface area contributed by atoms with Crippen LogP contribution >= 0.6 is 0 Å². The van der Waals surface area contributed by atoms with E-state index in [1.807, 2.05) is 0 Å². The van der Waals surface area contributed by atoms with Gasteiger partial charge in [0.2, 0.25) is 0 Å². The van der Waals surface area contributed by atoms with Crippen molar-refractivity contribution >= 4 is 0 Å². The molecule has 0 saturated heterocycles. The Labute approximate surface area is 106 Å². The van der Waals surface area contributed by atoms with Crippen molar-refractivity contribution in [3.05, 3.63) is 23.5 Å². The average Bonchev–Trinajstić information content (AvgIpc) is 2.34. The Bertz CT molecular complexity index is 446. The number of benzene rings is 1. The Kier molecular flexibility index (Phi) is 3.12. The van der Waals surface area contributed by atoms with Crippen LogP contribution in [0.5, 0.6) is 11.5 Å². The van der Waals surface area contributed by atoms with Gasteiger partial charge in [-0.2, -0.15) is 0 Å². The van der Waals surface area contributed by atoms with Crippen LogP contribution in [-0.2, 0) is 6.42 Å². The van der Waals surface area contributed by atoms with Gasteiger partial charge in [0.15, 0.2) is 11.6 Å². The first-order valence-electron chi connectivity index (χ1n) is 6.52. The second-order valence-electron chi connectivity index (χ2n) is 5.06. The van der Waals surface area contributed by atoms with Gasteiger partial charge in [0, 0.05) is 17.6 Å². The van der Waals surface area contributed by atoms with Gasteiger partial charge in [-0.25, -0.2) is 4.39 Å². The molecular weight excluding hydrogens is 233 g/mol. The van der Waals surface area contributed by atoms with Gasteiger partial charge in [0.25, 0.3) is 0 Å². The number of hydrogen-bond acceptors (Lipinski definition) is 3. The van der Waals surface area contributed by atoms with E-state index >= 15 is 0 Å². The normalized spacial score (nSPS) is 22.9. The fraction of sp³-hybridized carbons (Fsp3) is 0.571. The van der Waals surface area contributed by atoms with E-state index in [0.29, 0.717) is 24.1 Å². The number of rotatable bonds is 3. The lowest BCUT2D eigenvalue weighted by Gasteiger charge is -2.34. The molecule has 1 aromatic carbocycles. The molecule has 1 saturated carbocycles. The van der Waals surface area contributed by atoms with Gasteiger partial charge < -0.3 is 14.8 Å². The summed E-state index contributed by atoms with van der Waals surface area (Å²) in [6.45, 7) is 0.535. The van der Waals surface area contributed by atoms with E-state index in [9.17, 15) is 4.39 Å². The quantitative estimate of drug-likeness (QED) is 0.894. The van der Waals surface area contributed by atoms with Gasteiger partial charge in [-0.1, -0.05) is 6.42 Å². The fourth-order valence-electron chi connectivity index (χ4n) is 2.63. The minimum atomic E-state index is -0.298. The molecular formula is C14H18FNO2. The minimum absolute atomic E-state index is 0.262. The van der Waals surface area contributed by atoms with Crippen molar-refractivity contribution in [2.75, 3.05) is 13.7 Å². The summed E-state index contributed by atoms with van der Waals surface area (Å²) >= 11 is 0. The molecule has 98 valence electrons. The average molecular weight is 251 g/mol. The molecule has 2 aliphatic rings. The molecule has 0 spiro atoms. The van der Waals surface area contributed by atoms with E-state index in [0.717, 1.165) is 12.0 Å². The summed E-state index contributed by atoms with van der Waals surface area (Å²) in [7, 11) is 1.61. The lowest BCUT2D eigenvalue weighted by Crippen LogP contribution is -2.47. The molecule has 1 heterocycles. The zero-order chi connectivity index (χ0) is 12.5. The van der Waals surface area contributed by atoms with Crippen LogP contribution in [0.15, 0.2) is 12.1 Å². The summed E-state index contributed by atoms with van der Waals surface area (Å²) in [6, 6.07) is 3.94. The molecule has 18 heavy (non-hydrogen) atoms. The second-order valence-corrected chi connectivity index (χ2v) is 5.06. The van der Waals surface area contributed by atoms with Crippen LogP contribution in [0.4, 0.5) is 4.39 Å². The van der Waals surface area contributed by atoms with Crippen LogP contribution < -0.4 is 14.8 Å². The molecule has 0 amide bonds. The molecule has 0 bridgehead atoms. The molecule has 1 aliphatic heterocycles. The van der Waals surface area contributed by atoms with Gasteiger partial charge in [-0.15, -0.1) is 0 Å². The van der Waals surface area contributed by atoms with Gasteiger partial charge >= 0.3 is 0 Å². The highest BCUT2D eigenvalue weighted by Gasteiger charge is 2.28.